The summed E-state index contributed by atoms with van der Waals surface area (Å²) in [6.45, 7) is 1.01. The van der Waals surface area contributed by atoms with Crippen LogP contribution in [-0.4, -0.2) is 41.8 Å². The number of allylic oxidation sites excluding steroid dienone is 4. The largest absolute Gasteiger partial charge is 3.00 e. The molecule has 0 aromatic heterocycles. The minimum atomic E-state index is 0. The molecule has 0 bridgehead atoms. The molecule has 0 aromatic carbocycles. The molecule has 0 N–H and O–H groups in total. The third-order valence-corrected chi connectivity index (χ3v) is 1.73. The monoisotopic (exact) mass is 314 g/mol. The summed E-state index contributed by atoms with van der Waals surface area (Å²) in [7, 11) is 8.88. The Bertz CT molecular complexity index is 178. The van der Waals surface area contributed by atoms with Crippen molar-refractivity contribution in [1.82, 2.24) is 0 Å². The molecule has 17 heavy (non-hydrogen) atoms. The summed E-state index contributed by atoms with van der Waals surface area (Å²) in [4.78, 5) is 0. The average Bonchev–Trinajstić information content (AvgIpc) is 2.73. The van der Waals surface area contributed by atoms with E-state index in [0.29, 0.717) is 0 Å². The van der Waals surface area contributed by atoms with Gasteiger partial charge in [-0.3, -0.25) is 0 Å². The standard InChI is InChI=1S/C9H14N.2C2H6N.Zr/c1-10-8-4-7-9-5-2-3-6-9;2*1-3-2;/h2-3,5H,4,6-8H2,1H3;2*1-2H3;/q3*-1;+3. The summed E-state index contributed by atoms with van der Waals surface area (Å²) in [6, 6.07) is 0. The van der Waals surface area contributed by atoms with Crippen molar-refractivity contribution in [3.8, 4) is 0 Å². The van der Waals surface area contributed by atoms with E-state index < -0.39 is 0 Å². The third-order valence-electron chi connectivity index (χ3n) is 1.73. The van der Waals surface area contributed by atoms with E-state index in [1.807, 2.05) is 7.05 Å². The van der Waals surface area contributed by atoms with Crippen LogP contribution in [0.15, 0.2) is 23.8 Å². The molecule has 1 radical (unpaired) electrons. The van der Waals surface area contributed by atoms with Crippen molar-refractivity contribution in [2.24, 2.45) is 0 Å². The Labute approximate surface area is 127 Å². The second-order valence-electron chi connectivity index (χ2n) is 3.50. The number of hydrogen-bond acceptors (Lipinski definition) is 0. The molecule has 0 saturated heterocycles. The van der Waals surface area contributed by atoms with Crippen LogP contribution in [0.5, 0.6) is 0 Å². The predicted molar refractivity (Wildman–Crippen MR) is 75.6 cm³/mol. The van der Waals surface area contributed by atoms with Gasteiger partial charge in [0.05, 0.1) is 0 Å². The molecule has 0 aromatic rings. The molecular weight excluding hydrogens is 289 g/mol. The van der Waals surface area contributed by atoms with Crippen molar-refractivity contribution in [2.75, 3.05) is 41.8 Å². The topological polar surface area (TPSA) is 42.3 Å². The first-order chi connectivity index (χ1) is 7.76. The molecule has 0 aliphatic heterocycles. The first kappa shape index (κ1) is 22.4. The zero-order valence-corrected chi connectivity index (χ0v) is 14.4. The van der Waals surface area contributed by atoms with Gasteiger partial charge in [-0.15, -0.1) is 6.54 Å². The Kier molecular flexibility index (Phi) is 28.4. The van der Waals surface area contributed by atoms with Gasteiger partial charge in [0.25, 0.3) is 0 Å². The van der Waals surface area contributed by atoms with Crippen LogP contribution in [-0.2, 0) is 26.2 Å². The average molecular weight is 316 g/mol. The van der Waals surface area contributed by atoms with Crippen LogP contribution < -0.4 is 0 Å². The molecule has 3 nitrogen and oxygen atoms in total. The van der Waals surface area contributed by atoms with Gasteiger partial charge in [0, 0.05) is 0 Å². The van der Waals surface area contributed by atoms with E-state index in [4.69, 9.17) is 0 Å². The molecule has 0 spiro atoms. The van der Waals surface area contributed by atoms with Crippen LogP contribution in [0.1, 0.15) is 19.3 Å². The molecule has 97 valence electrons. The van der Waals surface area contributed by atoms with Crippen molar-refractivity contribution < 1.29 is 26.2 Å². The molecule has 0 fully saturated rings. The van der Waals surface area contributed by atoms with Crippen LogP contribution >= 0.6 is 0 Å². The van der Waals surface area contributed by atoms with Crippen LogP contribution in [0.2, 0.25) is 0 Å². The Balaban J connectivity index is -0.000000240. The molecular formula is C13H26N3Zr. The smallest absolute Gasteiger partial charge is 0.668 e. The van der Waals surface area contributed by atoms with E-state index in [1.54, 1.807) is 33.8 Å². The quantitative estimate of drug-likeness (QED) is 0.706. The van der Waals surface area contributed by atoms with Gasteiger partial charge in [0.15, 0.2) is 0 Å². The van der Waals surface area contributed by atoms with Crippen molar-refractivity contribution in [3.63, 3.8) is 0 Å². The number of rotatable bonds is 4. The van der Waals surface area contributed by atoms with E-state index in [0.717, 1.165) is 6.54 Å². The van der Waals surface area contributed by atoms with E-state index in [9.17, 15) is 0 Å². The summed E-state index contributed by atoms with van der Waals surface area (Å²) < 4.78 is 0. The maximum absolute atomic E-state index is 4.05. The van der Waals surface area contributed by atoms with Crippen LogP contribution in [0.25, 0.3) is 16.0 Å². The maximum atomic E-state index is 4.05. The van der Waals surface area contributed by atoms with Crippen molar-refractivity contribution >= 4 is 0 Å². The minimum absolute atomic E-state index is 0. The molecule has 4 heteroatoms. The molecule has 0 saturated carbocycles. The van der Waals surface area contributed by atoms with Gasteiger partial charge in [-0.1, -0.05) is 30.2 Å². The Morgan fingerprint density at radius 1 is 1.06 bits per heavy atom. The fourth-order valence-corrected chi connectivity index (χ4v) is 1.14. The van der Waals surface area contributed by atoms with Gasteiger partial charge >= 0.3 is 26.2 Å². The first-order valence-corrected chi connectivity index (χ1v) is 5.62. The fraction of sp³-hybridized carbons (Fsp3) is 0.692. The van der Waals surface area contributed by atoms with Crippen molar-refractivity contribution in [1.29, 1.82) is 0 Å². The van der Waals surface area contributed by atoms with E-state index in [1.165, 1.54) is 19.3 Å². The van der Waals surface area contributed by atoms with Crippen molar-refractivity contribution in [2.45, 2.75) is 19.3 Å². The first-order valence-electron chi connectivity index (χ1n) is 5.62. The third kappa shape index (κ3) is 22.0. The molecule has 1 aliphatic carbocycles. The van der Waals surface area contributed by atoms with Crippen LogP contribution in [0.4, 0.5) is 0 Å². The zero-order valence-electron chi connectivity index (χ0n) is 11.9. The summed E-state index contributed by atoms with van der Waals surface area (Å²) in [5.41, 5.74) is 1.56. The predicted octanol–water partition coefficient (Wildman–Crippen LogP) is 3.89. The SMILES string of the molecule is C[N-]C.C[N-]C.C[N-]CCCC1=CC=CC1.[Zr+3]. The van der Waals surface area contributed by atoms with Gasteiger partial charge in [-0.05, 0) is 12.8 Å². The summed E-state index contributed by atoms with van der Waals surface area (Å²) in [5, 5.41) is 11.0. The van der Waals surface area contributed by atoms with Crippen LogP contribution in [0, 0.1) is 0 Å². The Hall–Kier alpha value is 0.243. The zero-order chi connectivity index (χ0) is 12.6. The minimum Gasteiger partial charge on any atom is -0.668 e. The second-order valence-corrected chi connectivity index (χ2v) is 3.50. The number of nitrogens with zero attached hydrogens (tertiary/aromatic N) is 3. The van der Waals surface area contributed by atoms with E-state index >= 15 is 0 Å². The molecule has 0 atom stereocenters. The van der Waals surface area contributed by atoms with Crippen molar-refractivity contribution in [3.05, 3.63) is 39.8 Å². The van der Waals surface area contributed by atoms with Gasteiger partial charge in [-0.2, -0.15) is 35.2 Å². The summed E-state index contributed by atoms with van der Waals surface area (Å²) in [5.74, 6) is 0. The Morgan fingerprint density at radius 3 is 1.94 bits per heavy atom. The summed E-state index contributed by atoms with van der Waals surface area (Å²) in [6.07, 6.45) is 10.2. The molecule has 1 rings (SSSR count). The van der Waals surface area contributed by atoms with Gasteiger partial charge in [-0.25, -0.2) is 0 Å². The fourth-order valence-electron chi connectivity index (χ4n) is 1.14. The normalized spacial score (nSPS) is 11.5. The number of hydrogen-bond donors (Lipinski definition) is 0. The maximum Gasteiger partial charge on any atom is 3.00 e. The Morgan fingerprint density at radius 2 is 1.59 bits per heavy atom. The second kappa shape index (κ2) is 21.5. The van der Waals surface area contributed by atoms with Crippen LogP contribution in [0.3, 0.4) is 0 Å². The van der Waals surface area contributed by atoms with Gasteiger partial charge in [0.1, 0.15) is 0 Å². The van der Waals surface area contributed by atoms with Gasteiger partial charge in [0.2, 0.25) is 0 Å². The molecule has 0 unspecified atom stereocenters. The van der Waals surface area contributed by atoms with E-state index in [-0.39, 0.29) is 26.2 Å². The van der Waals surface area contributed by atoms with Gasteiger partial charge < -0.3 is 16.0 Å². The van der Waals surface area contributed by atoms with E-state index in [2.05, 4.69) is 34.2 Å². The summed E-state index contributed by atoms with van der Waals surface area (Å²) >= 11 is 0. The molecule has 0 heterocycles. The molecule has 1 aliphatic rings. The molecule has 0 amide bonds.